The highest BCUT2D eigenvalue weighted by Gasteiger charge is 2.85. The molecule has 8 atom stereocenters. The van der Waals surface area contributed by atoms with Gasteiger partial charge in [0.05, 0.1) is 24.9 Å². The van der Waals surface area contributed by atoms with Crippen LogP contribution in [0.25, 0.3) is 0 Å². The van der Waals surface area contributed by atoms with E-state index in [0.717, 1.165) is 12.8 Å². The third-order valence-corrected chi connectivity index (χ3v) is 8.09. The first-order chi connectivity index (χ1) is 13.4. The summed E-state index contributed by atoms with van der Waals surface area (Å²) in [5.41, 5.74) is 0.268. The molecule has 5 nitrogen and oxygen atoms in total. The van der Waals surface area contributed by atoms with Gasteiger partial charge in [-0.05, 0) is 18.9 Å². The number of allylic oxidation sites excluding steroid dienone is 3. The molecule has 1 spiro atoms. The molecule has 2 aliphatic carbocycles. The molecule has 0 radical (unpaired) electrons. The molecule has 4 fully saturated rings. The number of esters is 1. The molecule has 28 heavy (non-hydrogen) atoms. The Kier molecular flexibility index (Phi) is 4.01. The average molecular weight is 386 g/mol. The van der Waals surface area contributed by atoms with Crippen molar-refractivity contribution in [1.29, 1.82) is 0 Å². The molecule has 5 aliphatic rings. The zero-order chi connectivity index (χ0) is 19.7. The minimum atomic E-state index is -0.358. The molecular weight excluding hydrogens is 356 g/mol. The third kappa shape index (κ3) is 2.21. The summed E-state index contributed by atoms with van der Waals surface area (Å²) in [5.74, 6) is -0.299. The summed E-state index contributed by atoms with van der Waals surface area (Å²) in [5, 5.41) is 0. The summed E-state index contributed by atoms with van der Waals surface area (Å²) in [6.45, 7) is 9.37. The number of ether oxygens (including phenoxy) is 4. The van der Waals surface area contributed by atoms with Crippen molar-refractivity contribution < 1.29 is 23.7 Å². The highest BCUT2D eigenvalue weighted by molar-refractivity contribution is 5.82. The molecule has 3 heterocycles. The largest absolute Gasteiger partial charge is 0.458 e. The zero-order valence-electron chi connectivity index (χ0n) is 17.1. The van der Waals surface area contributed by atoms with E-state index in [1.807, 2.05) is 6.08 Å². The second-order valence-electron chi connectivity index (χ2n) is 9.33. The molecule has 152 valence electrons. The van der Waals surface area contributed by atoms with E-state index in [1.165, 1.54) is 11.6 Å². The number of fused-ring (bicyclic) bond motifs is 4. The molecule has 2 bridgehead atoms. The van der Waals surface area contributed by atoms with E-state index in [1.54, 1.807) is 6.08 Å². The van der Waals surface area contributed by atoms with Crippen molar-refractivity contribution >= 4 is 5.97 Å². The third-order valence-electron chi connectivity index (χ3n) is 8.09. The Morgan fingerprint density at radius 1 is 1.32 bits per heavy atom. The molecule has 3 saturated heterocycles. The topological polar surface area (TPSA) is 60.6 Å². The Morgan fingerprint density at radius 2 is 2.11 bits per heavy atom. The SMILES string of the molecule is CCCC=CC=CC(=O)OC1CC2OC3C=C(C)C4OC4C3(C)C1(C)C21CO1. The first kappa shape index (κ1) is 18.6. The molecule has 3 aliphatic heterocycles. The van der Waals surface area contributed by atoms with Crippen molar-refractivity contribution in [2.24, 2.45) is 10.8 Å². The Balaban J connectivity index is 1.42. The van der Waals surface area contributed by atoms with Crippen LogP contribution in [-0.2, 0) is 23.7 Å². The smallest absolute Gasteiger partial charge is 0.331 e. The summed E-state index contributed by atoms with van der Waals surface area (Å²) in [6.07, 6.45) is 12.2. The van der Waals surface area contributed by atoms with Crippen LogP contribution < -0.4 is 0 Å². The molecule has 5 rings (SSSR count). The van der Waals surface area contributed by atoms with E-state index >= 15 is 0 Å². The van der Waals surface area contributed by atoms with Crippen LogP contribution in [0, 0.1) is 10.8 Å². The van der Waals surface area contributed by atoms with Gasteiger partial charge in [0.25, 0.3) is 0 Å². The van der Waals surface area contributed by atoms with Gasteiger partial charge in [-0.3, -0.25) is 0 Å². The van der Waals surface area contributed by atoms with Gasteiger partial charge < -0.3 is 18.9 Å². The molecule has 0 aromatic rings. The van der Waals surface area contributed by atoms with Crippen LogP contribution >= 0.6 is 0 Å². The van der Waals surface area contributed by atoms with Gasteiger partial charge in [0.1, 0.15) is 17.8 Å². The van der Waals surface area contributed by atoms with Gasteiger partial charge in [0.15, 0.2) is 0 Å². The molecule has 0 N–H and O–H groups in total. The normalized spacial score (nSPS) is 50.6. The van der Waals surface area contributed by atoms with Crippen LogP contribution in [0.1, 0.15) is 47.0 Å². The monoisotopic (exact) mass is 386 g/mol. The minimum Gasteiger partial charge on any atom is -0.458 e. The van der Waals surface area contributed by atoms with Gasteiger partial charge in [-0.1, -0.05) is 51.5 Å². The molecule has 0 aromatic heterocycles. The van der Waals surface area contributed by atoms with Gasteiger partial charge >= 0.3 is 5.97 Å². The number of epoxide rings is 2. The second-order valence-corrected chi connectivity index (χ2v) is 9.33. The van der Waals surface area contributed by atoms with Crippen LogP contribution in [-0.4, -0.2) is 48.7 Å². The average Bonchev–Trinajstić information content (AvgIpc) is 3.54. The van der Waals surface area contributed by atoms with Crippen molar-refractivity contribution in [1.82, 2.24) is 0 Å². The maximum Gasteiger partial charge on any atom is 0.331 e. The molecule has 1 saturated carbocycles. The lowest BCUT2D eigenvalue weighted by molar-refractivity contribution is -0.212. The standard InChI is InChI=1S/C23H30O5/c1-5-6-7-8-9-10-18(24)27-16-12-17-23(13-25-23)22(16,4)21(3)15(26-17)11-14(2)19-20(21)28-19/h7-11,15-17,19-20H,5-6,12-13H2,1-4H3. The minimum absolute atomic E-state index is 0.0303. The summed E-state index contributed by atoms with van der Waals surface area (Å²) in [6, 6.07) is 0. The van der Waals surface area contributed by atoms with Crippen LogP contribution in [0.4, 0.5) is 0 Å². The first-order valence-electron chi connectivity index (χ1n) is 10.6. The van der Waals surface area contributed by atoms with E-state index in [-0.39, 0.29) is 52.9 Å². The van der Waals surface area contributed by atoms with Crippen molar-refractivity contribution in [3.63, 3.8) is 0 Å². The second kappa shape index (κ2) is 6.04. The zero-order valence-corrected chi connectivity index (χ0v) is 17.1. The highest BCUT2D eigenvalue weighted by Crippen LogP contribution is 2.74. The molecular formula is C23H30O5. The number of carbonyl (C=O) groups excluding carboxylic acids is 1. The van der Waals surface area contributed by atoms with E-state index in [4.69, 9.17) is 18.9 Å². The van der Waals surface area contributed by atoms with E-state index in [2.05, 4.69) is 39.8 Å². The quantitative estimate of drug-likeness (QED) is 0.238. The number of unbranched alkanes of at least 4 members (excludes halogenated alkanes) is 1. The van der Waals surface area contributed by atoms with E-state index in [0.29, 0.717) is 13.0 Å². The van der Waals surface area contributed by atoms with Crippen LogP contribution in [0.2, 0.25) is 0 Å². The molecule has 0 aromatic carbocycles. The molecule has 8 unspecified atom stereocenters. The summed E-state index contributed by atoms with van der Waals surface area (Å²) in [4.78, 5) is 12.5. The summed E-state index contributed by atoms with van der Waals surface area (Å²) in [7, 11) is 0. The van der Waals surface area contributed by atoms with E-state index in [9.17, 15) is 4.79 Å². The first-order valence-corrected chi connectivity index (χ1v) is 10.6. The van der Waals surface area contributed by atoms with Crippen LogP contribution in [0.15, 0.2) is 36.0 Å². The molecule has 5 heteroatoms. The summed E-state index contributed by atoms with van der Waals surface area (Å²) < 4.78 is 24.7. The predicted molar refractivity (Wildman–Crippen MR) is 104 cm³/mol. The Labute approximate surface area is 166 Å². The number of hydrogen-bond donors (Lipinski definition) is 0. The highest BCUT2D eigenvalue weighted by atomic mass is 16.6. The van der Waals surface area contributed by atoms with E-state index < -0.39 is 0 Å². The Morgan fingerprint density at radius 3 is 2.82 bits per heavy atom. The maximum absolute atomic E-state index is 12.5. The molecule has 0 amide bonds. The van der Waals surface area contributed by atoms with Gasteiger partial charge in [-0.25, -0.2) is 4.79 Å². The predicted octanol–water partition coefficient (Wildman–Crippen LogP) is 3.49. The van der Waals surface area contributed by atoms with Crippen LogP contribution in [0.5, 0.6) is 0 Å². The van der Waals surface area contributed by atoms with Crippen molar-refractivity contribution in [3.05, 3.63) is 36.0 Å². The van der Waals surface area contributed by atoms with Crippen molar-refractivity contribution in [2.45, 2.75) is 83.1 Å². The fourth-order valence-corrected chi connectivity index (χ4v) is 6.11. The lowest BCUT2D eigenvalue weighted by Gasteiger charge is -2.56. The number of carbonyl (C=O) groups is 1. The van der Waals surface area contributed by atoms with Gasteiger partial charge in [-0.2, -0.15) is 0 Å². The van der Waals surface area contributed by atoms with Crippen LogP contribution in [0.3, 0.4) is 0 Å². The number of rotatable bonds is 5. The van der Waals surface area contributed by atoms with Crippen molar-refractivity contribution in [3.8, 4) is 0 Å². The fourth-order valence-electron chi connectivity index (χ4n) is 6.11. The summed E-state index contributed by atoms with van der Waals surface area (Å²) >= 11 is 0. The Bertz CT molecular complexity index is 778. The van der Waals surface area contributed by atoms with Crippen molar-refractivity contribution in [2.75, 3.05) is 6.61 Å². The lowest BCUT2D eigenvalue weighted by Crippen LogP contribution is -2.66. The van der Waals surface area contributed by atoms with Gasteiger partial charge in [0.2, 0.25) is 0 Å². The Hall–Kier alpha value is -1.43. The van der Waals surface area contributed by atoms with Gasteiger partial charge in [-0.15, -0.1) is 0 Å². The fraction of sp³-hybridized carbons (Fsp3) is 0.696. The maximum atomic E-state index is 12.5. The lowest BCUT2D eigenvalue weighted by atomic mass is 9.52. The number of hydrogen-bond acceptors (Lipinski definition) is 5. The van der Waals surface area contributed by atoms with Gasteiger partial charge in [0, 0.05) is 23.3 Å².